The number of ether oxygens (including phenoxy) is 1. The fourth-order valence-corrected chi connectivity index (χ4v) is 4.09. The summed E-state index contributed by atoms with van der Waals surface area (Å²) in [4.78, 5) is 32.4. The van der Waals surface area contributed by atoms with Gasteiger partial charge >= 0.3 is 6.09 Å². The molecule has 2 saturated heterocycles. The van der Waals surface area contributed by atoms with Crippen LogP contribution >= 0.6 is 0 Å². The van der Waals surface area contributed by atoms with E-state index in [1.165, 1.54) is 18.3 Å². The fraction of sp³-hybridized carbons (Fsp3) is 0.591. The first-order chi connectivity index (χ1) is 13.7. The molecule has 158 valence electrons. The highest BCUT2D eigenvalue weighted by atomic mass is 19.1. The number of hydrogen-bond acceptors (Lipinski definition) is 4. The van der Waals surface area contributed by atoms with E-state index in [0.717, 1.165) is 38.4 Å². The van der Waals surface area contributed by atoms with Gasteiger partial charge in [0.2, 0.25) is 5.91 Å². The van der Waals surface area contributed by atoms with Gasteiger partial charge in [0.25, 0.3) is 0 Å². The number of amides is 2. The minimum Gasteiger partial charge on any atom is -0.444 e. The third kappa shape index (κ3) is 5.78. The van der Waals surface area contributed by atoms with Crippen LogP contribution in [-0.2, 0) is 9.53 Å². The molecule has 1 aromatic heterocycles. The molecule has 0 saturated carbocycles. The van der Waals surface area contributed by atoms with Crippen molar-refractivity contribution in [3.63, 3.8) is 0 Å². The van der Waals surface area contributed by atoms with Gasteiger partial charge in [0.1, 0.15) is 11.4 Å². The summed E-state index contributed by atoms with van der Waals surface area (Å²) < 4.78 is 18.7. The Hall–Kier alpha value is -2.44. The Labute approximate surface area is 171 Å². The van der Waals surface area contributed by atoms with Gasteiger partial charge in [0.05, 0.1) is 6.20 Å². The second-order valence-corrected chi connectivity index (χ2v) is 9.10. The number of piperidine rings is 2. The number of hydrogen-bond donors (Lipinski definition) is 0. The molecule has 2 fully saturated rings. The average molecular weight is 403 g/mol. The molecule has 0 aliphatic carbocycles. The van der Waals surface area contributed by atoms with Crippen molar-refractivity contribution >= 4 is 18.1 Å². The lowest BCUT2D eigenvalue weighted by Gasteiger charge is -2.47. The number of rotatable bonds is 2. The molecule has 0 aromatic carbocycles. The predicted octanol–water partition coefficient (Wildman–Crippen LogP) is 3.87. The SMILES string of the molecule is CC(C)(C)OC(=O)N1CCC2(CCCN(C(=O)/C=C/c3cncc(F)c3)C2)CC1. The van der Waals surface area contributed by atoms with Crippen molar-refractivity contribution in [3.05, 3.63) is 35.9 Å². The highest BCUT2D eigenvalue weighted by Gasteiger charge is 2.40. The predicted molar refractivity (Wildman–Crippen MR) is 109 cm³/mol. The number of halogens is 1. The molecule has 2 amide bonds. The molecule has 1 spiro atoms. The first-order valence-corrected chi connectivity index (χ1v) is 10.2. The van der Waals surface area contributed by atoms with E-state index in [9.17, 15) is 14.0 Å². The van der Waals surface area contributed by atoms with Crippen molar-refractivity contribution < 1.29 is 18.7 Å². The summed E-state index contributed by atoms with van der Waals surface area (Å²) in [6, 6.07) is 1.35. The molecule has 0 atom stereocenters. The molecular formula is C22H30FN3O3. The van der Waals surface area contributed by atoms with E-state index in [1.807, 2.05) is 25.7 Å². The summed E-state index contributed by atoms with van der Waals surface area (Å²) in [5.74, 6) is -0.490. The molecule has 3 rings (SSSR count). The van der Waals surface area contributed by atoms with Crippen LogP contribution in [0.2, 0.25) is 0 Å². The van der Waals surface area contributed by atoms with Crippen LogP contribution in [0.25, 0.3) is 6.08 Å². The third-order valence-electron chi connectivity index (χ3n) is 5.59. The number of likely N-dealkylation sites (tertiary alicyclic amines) is 2. The van der Waals surface area contributed by atoms with Gasteiger partial charge in [-0.05, 0) is 69.6 Å². The maximum absolute atomic E-state index is 13.2. The van der Waals surface area contributed by atoms with Gasteiger partial charge in [0, 0.05) is 38.5 Å². The fourth-order valence-electron chi connectivity index (χ4n) is 4.09. The lowest BCUT2D eigenvalue weighted by atomic mass is 9.72. The molecule has 1 aromatic rings. The monoisotopic (exact) mass is 403 g/mol. The molecule has 2 aliphatic rings. The first-order valence-electron chi connectivity index (χ1n) is 10.2. The van der Waals surface area contributed by atoms with Gasteiger partial charge in [-0.2, -0.15) is 0 Å². The summed E-state index contributed by atoms with van der Waals surface area (Å²) in [7, 11) is 0. The van der Waals surface area contributed by atoms with Gasteiger partial charge in [0.15, 0.2) is 0 Å². The van der Waals surface area contributed by atoms with E-state index in [4.69, 9.17) is 4.74 Å². The van der Waals surface area contributed by atoms with Crippen molar-refractivity contribution in [1.29, 1.82) is 0 Å². The van der Waals surface area contributed by atoms with E-state index in [0.29, 0.717) is 25.2 Å². The molecule has 3 heterocycles. The van der Waals surface area contributed by atoms with Crippen molar-refractivity contribution in [3.8, 4) is 0 Å². The Kier molecular flexibility index (Phi) is 6.24. The summed E-state index contributed by atoms with van der Waals surface area (Å²) in [5.41, 5.74) is 0.125. The van der Waals surface area contributed by atoms with E-state index >= 15 is 0 Å². The number of carbonyl (C=O) groups excluding carboxylic acids is 2. The van der Waals surface area contributed by atoms with Gasteiger partial charge in [-0.3, -0.25) is 9.78 Å². The summed E-state index contributed by atoms with van der Waals surface area (Å²) in [6.45, 7) is 8.34. The number of nitrogens with zero attached hydrogens (tertiary/aromatic N) is 3. The molecule has 0 radical (unpaired) electrons. The summed E-state index contributed by atoms with van der Waals surface area (Å²) in [6.07, 6.45) is 9.25. The normalized spacial score (nSPS) is 19.6. The molecule has 0 N–H and O–H groups in total. The Balaban J connectivity index is 1.56. The van der Waals surface area contributed by atoms with E-state index in [-0.39, 0.29) is 17.4 Å². The van der Waals surface area contributed by atoms with Crippen LogP contribution in [0, 0.1) is 11.2 Å². The Bertz CT molecular complexity index is 780. The van der Waals surface area contributed by atoms with Crippen molar-refractivity contribution in [2.24, 2.45) is 5.41 Å². The highest BCUT2D eigenvalue weighted by Crippen LogP contribution is 2.40. The number of aromatic nitrogens is 1. The topological polar surface area (TPSA) is 62.7 Å². The molecule has 0 unspecified atom stereocenters. The minimum absolute atomic E-state index is 0.0562. The van der Waals surface area contributed by atoms with Crippen molar-refractivity contribution in [2.45, 2.75) is 52.1 Å². The van der Waals surface area contributed by atoms with Gasteiger partial charge in [-0.25, -0.2) is 9.18 Å². The zero-order valence-electron chi connectivity index (χ0n) is 17.5. The summed E-state index contributed by atoms with van der Waals surface area (Å²) in [5, 5.41) is 0. The second kappa shape index (κ2) is 8.51. The van der Waals surface area contributed by atoms with Gasteiger partial charge < -0.3 is 14.5 Å². The number of carbonyl (C=O) groups is 2. The lowest BCUT2D eigenvalue weighted by Crippen LogP contribution is -2.52. The van der Waals surface area contributed by atoms with Crippen LogP contribution < -0.4 is 0 Å². The van der Waals surface area contributed by atoms with Crippen LogP contribution in [-0.4, -0.2) is 58.6 Å². The third-order valence-corrected chi connectivity index (χ3v) is 5.59. The highest BCUT2D eigenvalue weighted by molar-refractivity contribution is 5.91. The van der Waals surface area contributed by atoms with E-state index < -0.39 is 11.4 Å². The van der Waals surface area contributed by atoms with Crippen LogP contribution in [0.4, 0.5) is 9.18 Å². The lowest BCUT2D eigenvalue weighted by molar-refractivity contribution is -0.130. The minimum atomic E-state index is -0.496. The molecule has 6 nitrogen and oxygen atoms in total. The zero-order valence-corrected chi connectivity index (χ0v) is 17.5. The Morgan fingerprint density at radius 1 is 1.14 bits per heavy atom. The Morgan fingerprint density at radius 3 is 2.52 bits per heavy atom. The molecular weight excluding hydrogens is 373 g/mol. The maximum atomic E-state index is 13.2. The standard InChI is InChI=1S/C22H30FN3O3/c1-21(2,3)29-20(28)25-11-8-22(9-12-25)7-4-10-26(16-22)19(27)6-5-17-13-18(23)15-24-14-17/h5-6,13-15H,4,7-12,16H2,1-3H3/b6-5+. The van der Waals surface area contributed by atoms with Gasteiger partial charge in [-0.15, -0.1) is 0 Å². The molecule has 2 aliphatic heterocycles. The zero-order chi connectivity index (χ0) is 21.1. The quantitative estimate of drug-likeness (QED) is 0.703. The Morgan fingerprint density at radius 2 is 1.86 bits per heavy atom. The van der Waals surface area contributed by atoms with Crippen LogP contribution in [0.5, 0.6) is 0 Å². The molecule has 0 bridgehead atoms. The molecule has 7 heteroatoms. The van der Waals surface area contributed by atoms with Gasteiger partial charge in [-0.1, -0.05) is 0 Å². The number of pyridine rings is 1. The largest absolute Gasteiger partial charge is 0.444 e. The van der Waals surface area contributed by atoms with Crippen molar-refractivity contribution in [1.82, 2.24) is 14.8 Å². The second-order valence-electron chi connectivity index (χ2n) is 9.10. The summed E-state index contributed by atoms with van der Waals surface area (Å²) >= 11 is 0. The van der Waals surface area contributed by atoms with Crippen LogP contribution in [0.3, 0.4) is 0 Å². The van der Waals surface area contributed by atoms with E-state index in [1.54, 1.807) is 11.0 Å². The molecule has 29 heavy (non-hydrogen) atoms. The average Bonchev–Trinajstić information content (AvgIpc) is 2.65. The van der Waals surface area contributed by atoms with Crippen molar-refractivity contribution in [2.75, 3.05) is 26.2 Å². The smallest absolute Gasteiger partial charge is 0.410 e. The van der Waals surface area contributed by atoms with Crippen LogP contribution in [0.15, 0.2) is 24.5 Å². The first kappa shape index (κ1) is 21.3. The maximum Gasteiger partial charge on any atom is 0.410 e. The van der Waals surface area contributed by atoms with Crippen LogP contribution in [0.1, 0.15) is 52.0 Å². The van der Waals surface area contributed by atoms with E-state index in [2.05, 4.69) is 4.98 Å².